The smallest absolute Gasteiger partial charge is 0.416 e. The van der Waals surface area contributed by atoms with Crippen LogP contribution >= 0.6 is 0 Å². The lowest BCUT2D eigenvalue weighted by Gasteiger charge is -2.08. The van der Waals surface area contributed by atoms with Crippen molar-refractivity contribution in [3.63, 3.8) is 0 Å². The highest BCUT2D eigenvalue weighted by atomic mass is 16.6. The first-order valence-corrected chi connectivity index (χ1v) is 8.50. The Labute approximate surface area is 130 Å². The zero-order valence-corrected chi connectivity index (χ0v) is 13.9. The van der Waals surface area contributed by atoms with Crippen molar-refractivity contribution < 1.29 is 14.3 Å². The lowest BCUT2D eigenvalue weighted by Crippen LogP contribution is -2.25. The fourth-order valence-corrected chi connectivity index (χ4v) is 2.24. The Kier molecular flexibility index (Phi) is 14.6. The van der Waals surface area contributed by atoms with Gasteiger partial charge in [0.15, 0.2) is 0 Å². The lowest BCUT2D eigenvalue weighted by atomic mass is 10.1. The van der Waals surface area contributed by atoms with Gasteiger partial charge in [0.05, 0.1) is 6.61 Å². The Hall–Kier alpha value is -1.06. The van der Waals surface area contributed by atoms with Crippen LogP contribution in [-0.2, 0) is 9.53 Å². The maximum Gasteiger partial charge on any atom is 0.416 e. The van der Waals surface area contributed by atoms with Crippen molar-refractivity contribution in [2.45, 2.75) is 84.0 Å². The molecule has 0 fully saturated rings. The average molecular weight is 298 g/mol. The third kappa shape index (κ3) is 13.7. The molecule has 0 aromatic heterocycles. The fourth-order valence-electron chi connectivity index (χ4n) is 2.24. The Bertz CT molecular complexity index is 256. The van der Waals surface area contributed by atoms with Crippen LogP contribution in [0, 0.1) is 0 Å². The summed E-state index contributed by atoms with van der Waals surface area (Å²) in [6.07, 6.45) is 16.2. The Morgan fingerprint density at radius 2 is 1.29 bits per heavy atom. The van der Waals surface area contributed by atoms with Gasteiger partial charge in [0, 0.05) is 7.05 Å². The minimum atomic E-state index is -0.618. The van der Waals surface area contributed by atoms with Gasteiger partial charge in [0.1, 0.15) is 0 Å². The molecule has 4 heteroatoms. The van der Waals surface area contributed by atoms with Crippen molar-refractivity contribution in [2.75, 3.05) is 13.7 Å². The molecule has 21 heavy (non-hydrogen) atoms. The van der Waals surface area contributed by atoms with Crippen molar-refractivity contribution in [3.05, 3.63) is 0 Å². The molecule has 0 heterocycles. The van der Waals surface area contributed by atoms with E-state index >= 15 is 0 Å². The van der Waals surface area contributed by atoms with Crippen molar-refractivity contribution in [1.82, 2.24) is 4.90 Å². The van der Waals surface area contributed by atoms with E-state index in [1.807, 2.05) is 0 Å². The molecule has 0 atom stereocenters. The number of imide groups is 1. The van der Waals surface area contributed by atoms with Crippen molar-refractivity contribution in [3.8, 4) is 0 Å². The van der Waals surface area contributed by atoms with Gasteiger partial charge < -0.3 is 4.74 Å². The van der Waals surface area contributed by atoms with Gasteiger partial charge >= 0.3 is 12.5 Å². The maximum absolute atomic E-state index is 11.1. The van der Waals surface area contributed by atoms with E-state index < -0.39 is 6.09 Å². The second-order valence-corrected chi connectivity index (χ2v) is 5.65. The van der Waals surface area contributed by atoms with E-state index in [1.54, 1.807) is 0 Å². The van der Waals surface area contributed by atoms with Gasteiger partial charge in [0.25, 0.3) is 0 Å². The molecule has 123 valence electrons. The average Bonchev–Trinajstić information content (AvgIpc) is 2.50. The van der Waals surface area contributed by atoms with E-state index in [9.17, 15) is 9.59 Å². The zero-order valence-electron chi connectivity index (χ0n) is 13.9. The van der Waals surface area contributed by atoms with E-state index in [2.05, 4.69) is 6.92 Å². The molecule has 0 aliphatic carbocycles. The second kappa shape index (κ2) is 15.3. The first-order chi connectivity index (χ1) is 10.2. The number of hydrogen-bond donors (Lipinski definition) is 0. The van der Waals surface area contributed by atoms with Gasteiger partial charge in [-0.15, -0.1) is 0 Å². The molecule has 0 aromatic rings. The molecule has 0 unspecified atom stereocenters. The number of ether oxygens (including phenoxy) is 1. The SMILES string of the molecule is CCCCCCCCCCCCCCOC(=O)N(C)[C]=O. The Morgan fingerprint density at radius 1 is 0.857 bits per heavy atom. The van der Waals surface area contributed by atoms with Crippen molar-refractivity contribution in [2.24, 2.45) is 0 Å². The van der Waals surface area contributed by atoms with Crippen LogP contribution < -0.4 is 0 Å². The highest BCUT2D eigenvalue weighted by Gasteiger charge is 2.08. The number of rotatable bonds is 14. The molecule has 0 saturated heterocycles. The molecular weight excluding hydrogens is 266 g/mol. The molecule has 4 nitrogen and oxygen atoms in total. The monoisotopic (exact) mass is 298 g/mol. The molecule has 0 aliphatic heterocycles. The second-order valence-electron chi connectivity index (χ2n) is 5.65. The van der Waals surface area contributed by atoms with Crippen LogP contribution in [0.15, 0.2) is 0 Å². The van der Waals surface area contributed by atoms with E-state index in [-0.39, 0.29) is 0 Å². The van der Waals surface area contributed by atoms with Gasteiger partial charge in [-0.05, 0) is 6.42 Å². The minimum absolute atomic E-state index is 0.391. The van der Waals surface area contributed by atoms with Crippen LogP contribution in [-0.4, -0.2) is 31.1 Å². The molecule has 0 bridgehead atoms. The third-order valence-corrected chi connectivity index (χ3v) is 3.63. The highest BCUT2D eigenvalue weighted by Crippen LogP contribution is 2.11. The molecule has 0 saturated carbocycles. The van der Waals surface area contributed by atoms with E-state index in [4.69, 9.17) is 4.74 Å². The van der Waals surface area contributed by atoms with Crippen LogP contribution in [0.25, 0.3) is 0 Å². The summed E-state index contributed by atoms with van der Waals surface area (Å²) in [5.41, 5.74) is 0. The molecule has 0 aromatic carbocycles. The predicted molar refractivity (Wildman–Crippen MR) is 85.9 cm³/mol. The van der Waals surface area contributed by atoms with E-state index in [0.29, 0.717) is 6.61 Å². The standard InChI is InChI=1S/C17H32NO3/c1-3-4-5-6-7-8-9-10-11-12-13-14-15-21-17(20)18(2)16-19/h3-15H2,1-2H3. The van der Waals surface area contributed by atoms with Gasteiger partial charge in [-0.3, -0.25) is 4.79 Å². The molecule has 0 rings (SSSR count). The van der Waals surface area contributed by atoms with Gasteiger partial charge in [-0.25, -0.2) is 9.69 Å². The Morgan fingerprint density at radius 3 is 1.71 bits per heavy atom. The fraction of sp³-hybridized carbons (Fsp3) is 0.882. The number of carbonyl (C=O) groups is 1. The van der Waals surface area contributed by atoms with E-state index in [0.717, 1.165) is 17.7 Å². The van der Waals surface area contributed by atoms with Crippen LogP contribution in [0.2, 0.25) is 0 Å². The maximum atomic E-state index is 11.1. The summed E-state index contributed by atoms with van der Waals surface area (Å²) in [4.78, 5) is 22.1. The Balaban J connectivity index is 3.12. The van der Waals surface area contributed by atoms with E-state index in [1.165, 1.54) is 77.7 Å². The summed E-state index contributed by atoms with van der Waals surface area (Å²) in [5, 5.41) is 0. The number of carbonyl (C=O) groups excluding carboxylic acids is 2. The first kappa shape index (κ1) is 19.9. The van der Waals surface area contributed by atoms with Crippen LogP contribution in [0.5, 0.6) is 0 Å². The predicted octanol–water partition coefficient (Wildman–Crippen LogP) is 4.82. The van der Waals surface area contributed by atoms with Crippen LogP contribution in [0.1, 0.15) is 84.0 Å². The van der Waals surface area contributed by atoms with Crippen molar-refractivity contribution >= 4 is 12.5 Å². The van der Waals surface area contributed by atoms with Crippen LogP contribution in [0.4, 0.5) is 4.79 Å². The third-order valence-electron chi connectivity index (χ3n) is 3.63. The summed E-state index contributed by atoms with van der Waals surface area (Å²) >= 11 is 0. The van der Waals surface area contributed by atoms with Crippen molar-refractivity contribution in [1.29, 1.82) is 0 Å². The molecule has 0 N–H and O–H groups in total. The number of amides is 2. The molecule has 1 radical (unpaired) electrons. The quantitative estimate of drug-likeness (QED) is 0.341. The van der Waals surface area contributed by atoms with Crippen LogP contribution in [0.3, 0.4) is 0 Å². The first-order valence-electron chi connectivity index (χ1n) is 8.50. The molecule has 2 amide bonds. The van der Waals surface area contributed by atoms with Gasteiger partial charge in [-0.2, -0.15) is 0 Å². The van der Waals surface area contributed by atoms with Gasteiger partial charge in [-0.1, -0.05) is 77.6 Å². The summed E-state index contributed by atoms with van der Waals surface area (Å²) < 4.78 is 4.91. The zero-order chi connectivity index (χ0) is 15.8. The number of nitrogens with zero attached hydrogens (tertiary/aromatic N) is 1. The number of hydrogen-bond acceptors (Lipinski definition) is 3. The normalized spacial score (nSPS) is 10.4. The highest BCUT2D eigenvalue weighted by molar-refractivity contribution is 5.79. The minimum Gasteiger partial charge on any atom is -0.449 e. The molecule has 0 aliphatic rings. The summed E-state index contributed by atoms with van der Waals surface area (Å²) in [6.45, 7) is 2.64. The molecular formula is C17H32NO3. The topological polar surface area (TPSA) is 46.6 Å². The largest absolute Gasteiger partial charge is 0.449 e. The summed E-state index contributed by atoms with van der Waals surface area (Å²) in [7, 11) is 1.34. The lowest BCUT2D eigenvalue weighted by molar-refractivity contribution is 0.125. The summed E-state index contributed by atoms with van der Waals surface area (Å²) in [6, 6.07) is 0. The molecule has 0 spiro atoms. The summed E-state index contributed by atoms with van der Waals surface area (Å²) in [5.74, 6) is 0. The number of unbranched alkanes of at least 4 members (excludes halogenated alkanes) is 11. The van der Waals surface area contributed by atoms with Gasteiger partial charge in [0.2, 0.25) is 0 Å².